The molecule has 172 valence electrons. The van der Waals surface area contributed by atoms with Gasteiger partial charge >= 0.3 is 0 Å². The van der Waals surface area contributed by atoms with Crippen LogP contribution in [0, 0.1) is 10.1 Å². The van der Waals surface area contributed by atoms with Gasteiger partial charge in [-0.1, -0.05) is 60.1 Å². The maximum Gasteiger partial charge on any atom is 0.270 e. The fourth-order valence-corrected chi connectivity index (χ4v) is 4.80. The Bertz CT molecular complexity index is 1540. The van der Waals surface area contributed by atoms with Crippen molar-refractivity contribution in [1.29, 1.82) is 0 Å². The topological polar surface area (TPSA) is 114 Å². The van der Waals surface area contributed by atoms with Gasteiger partial charge in [0.15, 0.2) is 0 Å². The number of nitro groups is 1. The Balaban J connectivity index is 1.69. The third kappa shape index (κ3) is 5.00. The number of hydrogen-bond donors (Lipinski definition) is 2. The lowest BCUT2D eigenvalue weighted by Gasteiger charge is -2.13. The molecule has 2 N–H and O–H groups in total. The van der Waals surface area contributed by atoms with E-state index in [1.807, 2.05) is 42.5 Å². The van der Waals surface area contributed by atoms with Crippen molar-refractivity contribution in [3.8, 4) is 0 Å². The molecule has 0 aliphatic rings. The first kappa shape index (κ1) is 23.2. The first-order chi connectivity index (χ1) is 16.2. The Morgan fingerprint density at radius 2 is 1.62 bits per heavy atom. The van der Waals surface area contributed by atoms with Crippen molar-refractivity contribution in [2.45, 2.75) is 11.8 Å². The Kier molecular flexibility index (Phi) is 6.49. The first-order valence-corrected chi connectivity index (χ1v) is 12.0. The summed E-state index contributed by atoms with van der Waals surface area (Å²) in [6.07, 6.45) is 0. The Hall–Kier alpha value is -3.95. The molecule has 0 amide bonds. The SMILES string of the molecule is CC(=NNc1ccc([N+](=O)[O-])cc1S(=O)(=O)Nc1ccccc1Cl)c1ccc2ccccc2c1. The largest absolute Gasteiger partial charge is 0.278 e. The minimum Gasteiger partial charge on any atom is -0.278 e. The summed E-state index contributed by atoms with van der Waals surface area (Å²) >= 11 is 6.08. The Morgan fingerprint density at radius 1 is 0.912 bits per heavy atom. The second kappa shape index (κ2) is 9.50. The fourth-order valence-electron chi connectivity index (χ4n) is 3.31. The molecular weight excluding hydrogens is 476 g/mol. The van der Waals surface area contributed by atoms with Crippen molar-refractivity contribution >= 4 is 55.2 Å². The number of nitro benzene ring substituents is 1. The van der Waals surface area contributed by atoms with Crippen LogP contribution in [0.1, 0.15) is 12.5 Å². The molecule has 0 fully saturated rings. The number of nitrogens with one attached hydrogen (secondary N) is 2. The molecule has 0 saturated carbocycles. The highest BCUT2D eigenvalue weighted by molar-refractivity contribution is 7.93. The molecule has 10 heteroatoms. The van der Waals surface area contributed by atoms with Crippen molar-refractivity contribution < 1.29 is 13.3 Å². The van der Waals surface area contributed by atoms with Crippen molar-refractivity contribution in [2.24, 2.45) is 5.10 Å². The molecule has 0 spiro atoms. The molecule has 4 aromatic carbocycles. The summed E-state index contributed by atoms with van der Waals surface area (Å²) in [6.45, 7) is 1.78. The molecule has 4 rings (SSSR count). The second-order valence-corrected chi connectivity index (χ2v) is 9.45. The van der Waals surface area contributed by atoms with Crippen molar-refractivity contribution in [3.63, 3.8) is 0 Å². The highest BCUT2D eigenvalue weighted by Gasteiger charge is 2.23. The number of non-ortho nitro benzene ring substituents is 1. The van der Waals surface area contributed by atoms with Gasteiger partial charge in [-0.05, 0) is 47.5 Å². The van der Waals surface area contributed by atoms with Crippen LogP contribution in [0.5, 0.6) is 0 Å². The highest BCUT2D eigenvalue weighted by Crippen LogP contribution is 2.30. The van der Waals surface area contributed by atoms with Gasteiger partial charge in [-0.25, -0.2) is 8.42 Å². The van der Waals surface area contributed by atoms with E-state index in [4.69, 9.17) is 11.6 Å². The van der Waals surface area contributed by atoms with Gasteiger partial charge in [0, 0.05) is 12.1 Å². The molecule has 0 atom stereocenters. The normalized spacial score (nSPS) is 11.9. The predicted octanol–water partition coefficient (Wildman–Crippen LogP) is 6.04. The molecule has 0 bridgehead atoms. The molecule has 0 radical (unpaired) electrons. The lowest BCUT2D eigenvalue weighted by atomic mass is 10.0. The van der Waals surface area contributed by atoms with Crippen LogP contribution < -0.4 is 10.1 Å². The molecule has 4 aromatic rings. The second-order valence-electron chi connectivity index (χ2n) is 7.39. The summed E-state index contributed by atoms with van der Waals surface area (Å²) in [4.78, 5) is 10.3. The van der Waals surface area contributed by atoms with Crippen LogP contribution in [0.3, 0.4) is 0 Å². The number of sulfonamides is 1. The zero-order chi connectivity index (χ0) is 24.3. The average molecular weight is 495 g/mol. The van der Waals surface area contributed by atoms with E-state index in [2.05, 4.69) is 15.2 Å². The van der Waals surface area contributed by atoms with Crippen molar-refractivity contribution in [3.05, 3.63) is 106 Å². The zero-order valence-corrected chi connectivity index (χ0v) is 19.5. The lowest BCUT2D eigenvalue weighted by Crippen LogP contribution is -2.15. The summed E-state index contributed by atoms with van der Waals surface area (Å²) in [5, 5.41) is 17.9. The predicted molar refractivity (Wildman–Crippen MR) is 135 cm³/mol. The van der Waals surface area contributed by atoms with E-state index >= 15 is 0 Å². The fraction of sp³-hybridized carbons (Fsp3) is 0.0417. The van der Waals surface area contributed by atoms with E-state index in [1.165, 1.54) is 24.3 Å². The van der Waals surface area contributed by atoms with Crippen LogP contribution in [-0.2, 0) is 10.0 Å². The van der Waals surface area contributed by atoms with Gasteiger partial charge in [-0.15, -0.1) is 0 Å². The summed E-state index contributed by atoms with van der Waals surface area (Å²) in [6, 6.07) is 23.5. The molecule has 0 unspecified atom stereocenters. The number of hydrogen-bond acceptors (Lipinski definition) is 6. The number of rotatable bonds is 7. The third-order valence-corrected chi connectivity index (χ3v) is 6.83. The van der Waals surface area contributed by atoms with E-state index in [9.17, 15) is 18.5 Å². The van der Waals surface area contributed by atoms with Gasteiger partial charge in [-0.2, -0.15) is 5.10 Å². The van der Waals surface area contributed by atoms with Crippen LogP contribution >= 0.6 is 11.6 Å². The molecule has 0 aromatic heterocycles. The smallest absolute Gasteiger partial charge is 0.270 e. The van der Waals surface area contributed by atoms with Gasteiger partial charge in [0.05, 0.1) is 27.0 Å². The van der Waals surface area contributed by atoms with E-state index < -0.39 is 14.9 Å². The minimum atomic E-state index is -4.23. The molecule has 0 heterocycles. The molecular formula is C24H19ClN4O4S. The van der Waals surface area contributed by atoms with Crippen LogP contribution in [0.25, 0.3) is 10.8 Å². The van der Waals surface area contributed by atoms with Gasteiger partial charge in [0.2, 0.25) is 0 Å². The molecule has 0 saturated heterocycles. The molecule has 0 aliphatic carbocycles. The minimum absolute atomic E-state index is 0.0743. The average Bonchev–Trinajstić information content (AvgIpc) is 2.83. The monoisotopic (exact) mass is 494 g/mol. The molecule has 34 heavy (non-hydrogen) atoms. The first-order valence-electron chi connectivity index (χ1n) is 10.1. The standard InChI is InChI=1S/C24H19ClN4O4S/c1-16(18-11-10-17-6-2-3-7-19(17)14-18)26-27-23-13-12-20(29(30)31)15-24(23)34(32,33)28-22-9-5-4-8-21(22)25/h2-15,27-28H,1H3. The van der Waals surface area contributed by atoms with Gasteiger partial charge < -0.3 is 0 Å². The third-order valence-electron chi connectivity index (χ3n) is 5.10. The summed E-state index contributed by atoms with van der Waals surface area (Å²) < 4.78 is 28.6. The number of hydrazone groups is 1. The summed E-state index contributed by atoms with van der Waals surface area (Å²) in [5.74, 6) is 0. The van der Waals surface area contributed by atoms with Crippen LogP contribution in [0.2, 0.25) is 5.02 Å². The summed E-state index contributed by atoms with van der Waals surface area (Å²) in [7, 11) is -4.23. The van der Waals surface area contributed by atoms with E-state index in [-0.39, 0.29) is 27.0 Å². The van der Waals surface area contributed by atoms with E-state index in [1.54, 1.807) is 19.1 Å². The van der Waals surface area contributed by atoms with Gasteiger partial charge in [0.25, 0.3) is 15.7 Å². The number of nitrogens with zero attached hydrogens (tertiary/aromatic N) is 2. The molecule has 0 aliphatic heterocycles. The number of halogens is 1. The maximum atomic E-state index is 13.1. The maximum absolute atomic E-state index is 13.1. The Morgan fingerprint density at radius 3 is 2.35 bits per heavy atom. The van der Waals surface area contributed by atoms with E-state index in [0.717, 1.165) is 22.4 Å². The van der Waals surface area contributed by atoms with Crippen molar-refractivity contribution in [1.82, 2.24) is 0 Å². The van der Waals surface area contributed by atoms with E-state index in [0.29, 0.717) is 5.71 Å². The zero-order valence-electron chi connectivity index (χ0n) is 17.9. The number of fused-ring (bicyclic) bond motifs is 1. The number of anilines is 2. The van der Waals surface area contributed by atoms with Crippen LogP contribution in [0.15, 0.2) is 94.9 Å². The highest BCUT2D eigenvalue weighted by atomic mass is 35.5. The Labute approximate surface area is 201 Å². The van der Waals surface area contributed by atoms with Crippen LogP contribution in [-0.4, -0.2) is 19.1 Å². The van der Waals surface area contributed by atoms with Gasteiger partial charge in [-0.3, -0.25) is 20.3 Å². The quantitative estimate of drug-likeness (QED) is 0.185. The van der Waals surface area contributed by atoms with Crippen LogP contribution in [0.4, 0.5) is 17.1 Å². The van der Waals surface area contributed by atoms with Crippen molar-refractivity contribution in [2.75, 3.05) is 10.1 Å². The number of benzene rings is 4. The lowest BCUT2D eigenvalue weighted by molar-refractivity contribution is -0.385. The number of para-hydroxylation sites is 1. The summed E-state index contributed by atoms with van der Waals surface area (Å²) in [5.41, 5.74) is 4.04. The molecule has 8 nitrogen and oxygen atoms in total. The van der Waals surface area contributed by atoms with Gasteiger partial charge in [0.1, 0.15) is 4.90 Å².